The Morgan fingerprint density at radius 3 is 1.90 bits per heavy atom. The Hall–Kier alpha value is -4.88. The minimum atomic E-state index is -0.0981. The van der Waals surface area contributed by atoms with Gasteiger partial charge in [0.2, 0.25) is 0 Å². The molecule has 0 unspecified atom stereocenters. The maximum atomic E-state index is 5.47. The molecule has 9 rings (SSSR count). The van der Waals surface area contributed by atoms with Crippen LogP contribution in [0.5, 0.6) is 0 Å². The van der Waals surface area contributed by atoms with Crippen molar-refractivity contribution in [2.75, 3.05) is 0 Å². The van der Waals surface area contributed by atoms with Crippen LogP contribution in [-0.2, 0) is 38.4 Å². The van der Waals surface area contributed by atoms with E-state index in [4.69, 9.17) is 4.98 Å². The molecule has 1 radical (unpaired) electrons. The molecular formula is C58H58IrN-. The number of aryl methyl sites for hydroxylation is 4. The van der Waals surface area contributed by atoms with Gasteiger partial charge >= 0.3 is 0 Å². The van der Waals surface area contributed by atoms with Crippen LogP contribution in [0.3, 0.4) is 0 Å². The molecular weight excluding hydrogens is 903 g/mol. The van der Waals surface area contributed by atoms with Crippen LogP contribution in [-0.4, -0.2) is 4.98 Å². The van der Waals surface area contributed by atoms with Gasteiger partial charge in [0.25, 0.3) is 0 Å². The molecule has 0 bridgehead atoms. The molecule has 305 valence electrons. The molecule has 1 nitrogen and oxygen atoms in total. The van der Waals surface area contributed by atoms with Gasteiger partial charge in [0.15, 0.2) is 0 Å². The van der Waals surface area contributed by atoms with Gasteiger partial charge in [-0.1, -0.05) is 174 Å². The van der Waals surface area contributed by atoms with E-state index < -0.39 is 0 Å². The fraction of sp³-hybridized carbons (Fsp3) is 0.293. The summed E-state index contributed by atoms with van der Waals surface area (Å²) in [6.07, 6.45) is 12.7. The molecule has 0 amide bonds. The zero-order chi connectivity index (χ0) is 40.7. The molecule has 1 aliphatic carbocycles. The molecule has 0 aliphatic heterocycles. The zero-order valence-electron chi connectivity index (χ0n) is 36.4. The number of pyridine rings is 1. The van der Waals surface area contributed by atoms with Crippen molar-refractivity contribution in [1.29, 1.82) is 0 Å². The van der Waals surface area contributed by atoms with Gasteiger partial charge in [0, 0.05) is 30.9 Å². The Morgan fingerprint density at radius 2 is 1.18 bits per heavy atom. The second-order valence-corrected chi connectivity index (χ2v) is 17.9. The van der Waals surface area contributed by atoms with Crippen molar-refractivity contribution in [3.63, 3.8) is 0 Å². The maximum absolute atomic E-state index is 5.47. The number of fused-ring (bicyclic) bond motifs is 7. The molecule has 1 heterocycles. The Morgan fingerprint density at radius 1 is 0.500 bits per heavy atom. The largest absolute Gasteiger partial charge is 0.296 e. The first-order valence-corrected chi connectivity index (χ1v) is 22.4. The van der Waals surface area contributed by atoms with E-state index >= 15 is 0 Å². The average Bonchev–Trinajstić information content (AvgIpc) is 3.49. The van der Waals surface area contributed by atoms with Crippen molar-refractivity contribution in [1.82, 2.24) is 4.98 Å². The van der Waals surface area contributed by atoms with E-state index in [1.807, 2.05) is 0 Å². The van der Waals surface area contributed by atoms with Crippen LogP contribution in [0.15, 0.2) is 121 Å². The molecule has 0 spiro atoms. The molecule has 0 fully saturated rings. The topological polar surface area (TPSA) is 12.9 Å². The summed E-state index contributed by atoms with van der Waals surface area (Å²) in [6, 6.07) is 49.7. The Bertz CT molecular complexity index is 2820. The smallest absolute Gasteiger partial charge is 0.0605 e. The first kappa shape index (κ1) is 41.8. The first-order chi connectivity index (χ1) is 28.7. The summed E-state index contributed by atoms with van der Waals surface area (Å²) in [6.45, 7) is 13.9. The van der Waals surface area contributed by atoms with Crippen LogP contribution in [0, 0.1) is 19.9 Å². The number of rotatable bonds is 13. The number of hydrogen-bond acceptors (Lipinski definition) is 1. The molecule has 0 N–H and O–H groups in total. The van der Waals surface area contributed by atoms with Crippen molar-refractivity contribution in [2.24, 2.45) is 0 Å². The van der Waals surface area contributed by atoms with Gasteiger partial charge in [-0.2, -0.15) is 0 Å². The third kappa shape index (κ3) is 7.79. The quantitative estimate of drug-likeness (QED) is 0.0637. The molecule has 0 saturated carbocycles. The zero-order valence-corrected chi connectivity index (χ0v) is 38.8. The van der Waals surface area contributed by atoms with Gasteiger partial charge in [0.1, 0.15) is 0 Å². The minimum absolute atomic E-state index is 0. The molecule has 0 atom stereocenters. The van der Waals surface area contributed by atoms with E-state index in [9.17, 15) is 0 Å². The normalized spacial score (nSPS) is 12.8. The third-order valence-electron chi connectivity index (χ3n) is 13.5. The molecule has 0 saturated heterocycles. The summed E-state index contributed by atoms with van der Waals surface area (Å²) in [4.78, 5) is 5.47. The fourth-order valence-electron chi connectivity index (χ4n) is 9.99. The van der Waals surface area contributed by atoms with Crippen LogP contribution in [0.2, 0.25) is 0 Å². The van der Waals surface area contributed by atoms with Crippen molar-refractivity contribution < 1.29 is 20.1 Å². The molecule has 1 aromatic heterocycles. The van der Waals surface area contributed by atoms with E-state index in [-0.39, 0.29) is 25.5 Å². The van der Waals surface area contributed by atoms with Crippen LogP contribution < -0.4 is 0 Å². The van der Waals surface area contributed by atoms with Crippen LogP contribution in [0.4, 0.5) is 0 Å². The van der Waals surface area contributed by atoms with Crippen molar-refractivity contribution in [3.05, 3.63) is 161 Å². The molecule has 1 aliphatic rings. The monoisotopic (exact) mass is 961 g/mol. The maximum Gasteiger partial charge on any atom is 0.0605 e. The summed E-state index contributed by atoms with van der Waals surface area (Å²) in [5, 5.41) is 6.33. The summed E-state index contributed by atoms with van der Waals surface area (Å²) in [7, 11) is 0. The summed E-state index contributed by atoms with van der Waals surface area (Å²) < 4.78 is 0. The first-order valence-electron chi connectivity index (χ1n) is 22.4. The summed E-state index contributed by atoms with van der Waals surface area (Å²) in [5.74, 6) is 0. The van der Waals surface area contributed by atoms with Crippen molar-refractivity contribution in [2.45, 2.75) is 111 Å². The number of aromatic nitrogens is 1. The predicted octanol–water partition coefficient (Wildman–Crippen LogP) is 16.5. The molecule has 2 heteroatoms. The van der Waals surface area contributed by atoms with E-state index in [1.54, 1.807) is 0 Å². The van der Waals surface area contributed by atoms with Gasteiger partial charge in [-0.05, 0) is 135 Å². The molecule has 60 heavy (non-hydrogen) atoms. The van der Waals surface area contributed by atoms with Crippen molar-refractivity contribution in [3.8, 4) is 44.6 Å². The Labute approximate surface area is 372 Å². The van der Waals surface area contributed by atoms with Gasteiger partial charge in [-0.15, -0.1) is 23.8 Å². The average molecular weight is 961 g/mol. The SMILES string of the molecule is CCCCCCc1cc(CCCCCC)cc(-c2ccc3c(c2)c(C)c(C)c2c[c-]c(-c4cc(-c5ccccc5)c5cc6c(cc5n4)C(C)(C)c4ccccc4-6)cc23)c1.[Ir]. The van der Waals surface area contributed by atoms with E-state index in [0.717, 1.165) is 29.6 Å². The van der Waals surface area contributed by atoms with Crippen LogP contribution in [0.1, 0.15) is 112 Å². The number of benzene rings is 7. The van der Waals surface area contributed by atoms with Gasteiger partial charge in [-0.25, -0.2) is 0 Å². The van der Waals surface area contributed by atoms with Gasteiger partial charge in [0.05, 0.1) is 5.52 Å². The fourth-order valence-corrected chi connectivity index (χ4v) is 9.99. The minimum Gasteiger partial charge on any atom is -0.296 e. The third-order valence-corrected chi connectivity index (χ3v) is 13.5. The molecule has 7 aromatic carbocycles. The van der Waals surface area contributed by atoms with E-state index in [1.165, 1.54) is 145 Å². The van der Waals surface area contributed by atoms with E-state index in [0.29, 0.717) is 0 Å². The van der Waals surface area contributed by atoms with Crippen LogP contribution in [0.25, 0.3) is 77.1 Å². The Kier molecular flexibility index (Phi) is 12.3. The second kappa shape index (κ2) is 17.6. The van der Waals surface area contributed by atoms with Gasteiger partial charge in [-0.3, -0.25) is 4.98 Å². The second-order valence-electron chi connectivity index (χ2n) is 17.9. The summed E-state index contributed by atoms with van der Waals surface area (Å²) in [5.41, 5.74) is 19.0. The van der Waals surface area contributed by atoms with Crippen LogP contribution >= 0.6 is 0 Å². The summed E-state index contributed by atoms with van der Waals surface area (Å²) >= 11 is 0. The predicted molar refractivity (Wildman–Crippen MR) is 255 cm³/mol. The number of nitrogens with zero attached hydrogens (tertiary/aromatic N) is 1. The van der Waals surface area contributed by atoms with Gasteiger partial charge < -0.3 is 0 Å². The number of unbranched alkanes of at least 4 members (excludes halogenated alkanes) is 6. The standard InChI is InChI=1S/C58H58N.Ir/c1-7-9-11-14-20-40-30-41(21-15-12-10-8-2)32-45(31-40)43-26-29-47-49(33-43)39(4)38(3)46-28-27-44(34-51(46)47)56-36-50(42-22-16-13-17-23-42)53-35-52-48-24-18-19-25-54(48)58(5,6)55(52)37-57(53)59-56;/h13,16-19,22-26,28-37H,7-12,14-15,20-21H2,1-6H3;/q-1;. The van der Waals surface area contributed by atoms with Crippen molar-refractivity contribution >= 4 is 32.4 Å². The Balaban J connectivity index is 0.00000499. The number of hydrogen-bond donors (Lipinski definition) is 0. The molecule has 8 aromatic rings. The van der Waals surface area contributed by atoms with E-state index in [2.05, 4.69) is 169 Å².